The van der Waals surface area contributed by atoms with Crippen molar-refractivity contribution in [2.45, 2.75) is 49.8 Å². The summed E-state index contributed by atoms with van der Waals surface area (Å²) < 4.78 is 28.6. The van der Waals surface area contributed by atoms with Gasteiger partial charge in [-0.3, -0.25) is 0 Å². The van der Waals surface area contributed by atoms with Gasteiger partial charge in [0.25, 0.3) is 0 Å². The fourth-order valence-corrected chi connectivity index (χ4v) is 6.17. The molecular weight excluding hydrogens is 418 g/mol. The highest BCUT2D eigenvalue weighted by atomic mass is 35.5. The number of rotatable bonds is 10. The van der Waals surface area contributed by atoms with Crippen molar-refractivity contribution in [1.82, 2.24) is 4.31 Å². The lowest BCUT2D eigenvalue weighted by Gasteiger charge is -2.45. The van der Waals surface area contributed by atoms with Gasteiger partial charge >= 0.3 is 0 Å². The van der Waals surface area contributed by atoms with Crippen LogP contribution in [-0.4, -0.2) is 37.5 Å². The number of nitrogens with zero attached hydrogens (tertiary/aromatic N) is 1. The summed E-state index contributed by atoms with van der Waals surface area (Å²) >= 11 is 5.97. The molecule has 4 rings (SSSR count). The van der Waals surface area contributed by atoms with Gasteiger partial charge in [0.05, 0.1) is 4.90 Å². The van der Waals surface area contributed by atoms with Gasteiger partial charge in [0.1, 0.15) is 0 Å². The maximum atomic E-state index is 13.5. The summed E-state index contributed by atoms with van der Waals surface area (Å²) in [6.07, 6.45) is 7.06. The zero-order valence-corrected chi connectivity index (χ0v) is 18.8. The Kier molecular flexibility index (Phi) is 6.54. The number of hydrogen-bond acceptors (Lipinski definition) is 3. The third-order valence-electron chi connectivity index (χ3n) is 6.54. The van der Waals surface area contributed by atoms with Crippen molar-refractivity contribution in [3.05, 3.63) is 64.7 Å². The van der Waals surface area contributed by atoms with Gasteiger partial charge in [-0.25, -0.2) is 8.42 Å². The van der Waals surface area contributed by atoms with Gasteiger partial charge in [-0.1, -0.05) is 42.3 Å². The van der Waals surface area contributed by atoms with E-state index in [1.807, 2.05) is 0 Å². The molecule has 30 heavy (non-hydrogen) atoms. The minimum atomic E-state index is -3.54. The maximum absolute atomic E-state index is 13.5. The van der Waals surface area contributed by atoms with Gasteiger partial charge < -0.3 is 5.11 Å². The monoisotopic (exact) mass is 447 g/mol. The van der Waals surface area contributed by atoms with Crippen molar-refractivity contribution < 1.29 is 13.5 Å². The van der Waals surface area contributed by atoms with Crippen LogP contribution in [0.2, 0.25) is 5.02 Å². The van der Waals surface area contributed by atoms with Crippen LogP contribution in [0.4, 0.5) is 0 Å². The first-order chi connectivity index (χ1) is 14.4. The number of aliphatic hydroxyl groups is 1. The summed E-state index contributed by atoms with van der Waals surface area (Å²) in [5.41, 5.74) is 2.38. The summed E-state index contributed by atoms with van der Waals surface area (Å²) in [5, 5.41) is 9.66. The van der Waals surface area contributed by atoms with Crippen molar-refractivity contribution in [2.24, 2.45) is 11.3 Å². The smallest absolute Gasteiger partial charge is 0.243 e. The third kappa shape index (κ3) is 5.08. The quantitative estimate of drug-likeness (QED) is 0.574. The van der Waals surface area contributed by atoms with Gasteiger partial charge in [-0.2, -0.15) is 4.31 Å². The van der Waals surface area contributed by atoms with Crippen molar-refractivity contribution in [1.29, 1.82) is 0 Å². The Bertz CT molecular complexity index is 949. The summed E-state index contributed by atoms with van der Waals surface area (Å²) in [4.78, 5) is 0.329. The van der Waals surface area contributed by atoms with E-state index in [-0.39, 0.29) is 12.0 Å². The molecule has 0 atom stereocenters. The number of halogens is 1. The molecule has 2 aromatic rings. The fourth-order valence-electron chi connectivity index (χ4n) is 4.42. The van der Waals surface area contributed by atoms with Crippen LogP contribution in [0.5, 0.6) is 0 Å². The molecule has 0 saturated heterocycles. The van der Waals surface area contributed by atoms with E-state index in [4.69, 9.17) is 16.7 Å². The molecule has 2 aliphatic carbocycles. The van der Waals surface area contributed by atoms with Crippen LogP contribution in [0.1, 0.15) is 43.2 Å². The SMILES string of the molecule is O=S(=O)(c1ccc(Cl)cc1)N(CC1CC1)CC1(Cc2ccc(CCO)cc2)CCC1. The van der Waals surface area contributed by atoms with E-state index in [1.54, 1.807) is 28.6 Å². The number of aliphatic hydroxyl groups excluding tert-OH is 1. The van der Waals surface area contributed by atoms with Crippen LogP contribution in [0.25, 0.3) is 0 Å². The third-order valence-corrected chi connectivity index (χ3v) is 8.62. The second kappa shape index (κ2) is 8.99. The normalized spacial score (nSPS) is 18.4. The van der Waals surface area contributed by atoms with Gasteiger partial charge in [-0.15, -0.1) is 0 Å². The van der Waals surface area contributed by atoms with Crippen LogP contribution in [0.15, 0.2) is 53.4 Å². The van der Waals surface area contributed by atoms with Gasteiger partial charge in [-0.05, 0) is 85.3 Å². The van der Waals surface area contributed by atoms with E-state index < -0.39 is 10.0 Å². The van der Waals surface area contributed by atoms with E-state index in [9.17, 15) is 8.42 Å². The molecular formula is C24H30ClNO3S. The van der Waals surface area contributed by atoms with Gasteiger partial charge in [0.2, 0.25) is 10.0 Å². The van der Waals surface area contributed by atoms with Crippen molar-refractivity contribution in [2.75, 3.05) is 19.7 Å². The first-order valence-corrected chi connectivity index (χ1v) is 12.7. The molecule has 4 nitrogen and oxygen atoms in total. The molecule has 162 valence electrons. The molecule has 0 bridgehead atoms. The minimum absolute atomic E-state index is 0.00683. The van der Waals surface area contributed by atoms with E-state index in [2.05, 4.69) is 24.3 Å². The molecule has 2 fully saturated rings. The van der Waals surface area contributed by atoms with E-state index in [0.717, 1.165) is 44.1 Å². The van der Waals surface area contributed by atoms with Crippen LogP contribution >= 0.6 is 11.6 Å². The maximum Gasteiger partial charge on any atom is 0.243 e. The molecule has 2 aromatic carbocycles. The average Bonchev–Trinajstić information content (AvgIpc) is 3.52. The Hall–Kier alpha value is -1.40. The van der Waals surface area contributed by atoms with Crippen LogP contribution < -0.4 is 0 Å². The molecule has 6 heteroatoms. The molecule has 0 aliphatic heterocycles. The van der Waals surface area contributed by atoms with Crippen LogP contribution in [0, 0.1) is 11.3 Å². The Morgan fingerprint density at radius 2 is 1.63 bits per heavy atom. The van der Waals surface area contributed by atoms with Crippen molar-refractivity contribution >= 4 is 21.6 Å². The Labute approximate surface area is 184 Å². The molecule has 0 aromatic heterocycles. The summed E-state index contributed by atoms with van der Waals surface area (Å²) in [7, 11) is -3.54. The molecule has 0 amide bonds. The van der Waals surface area contributed by atoms with Crippen LogP contribution in [0.3, 0.4) is 0 Å². The van der Waals surface area contributed by atoms with Gasteiger partial charge in [0, 0.05) is 24.7 Å². The molecule has 0 heterocycles. The van der Waals surface area contributed by atoms with Crippen molar-refractivity contribution in [3.63, 3.8) is 0 Å². The lowest BCUT2D eigenvalue weighted by atomic mass is 9.65. The molecule has 0 unspecified atom stereocenters. The highest BCUT2D eigenvalue weighted by Crippen LogP contribution is 2.46. The predicted molar refractivity (Wildman–Crippen MR) is 120 cm³/mol. The van der Waals surface area contributed by atoms with E-state index in [0.29, 0.717) is 35.3 Å². The van der Waals surface area contributed by atoms with Crippen LogP contribution in [-0.2, 0) is 22.9 Å². The Morgan fingerprint density at radius 3 is 2.17 bits per heavy atom. The number of benzene rings is 2. The van der Waals surface area contributed by atoms with Crippen molar-refractivity contribution in [3.8, 4) is 0 Å². The largest absolute Gasteiger partial charge is 0.396 e. The second-order valence-corrected chi connectivity index (χ2v) is 11.4. The lowest BCUT2D eigenvalue weighted by molar-refractivity contribution is 0.0983. The first-order valence-electron chi connectivity index (χ1n) is 10.8. The fraction of sp³-hybridized carbons (Fsp3) is 0.500. The Balaban J connectivity index is 1.54. The Morgan fingerprint density at radius 1 is 1.00 bits per heavy atom. The van der Waals surface area contributed by atoms with E-state index >= 15 is 0 Å². The molecule has 2 saturated carbocycles. The molecule has 0 radical (unpaired) electrons. The first kappa shape index (κ1) is 21.8. The lowest BCUT2D eigenvalue weighted by Crippen LogP contribution is -2.46. The topological polar surface area (TPSA) is 57.6 Å². The standard InChI is InChI=1S/C24H30ClNO3S/c25-22-8-10-23(11-9-22)30(28,29)26(17-21-6-7-21)18-24(13-1-14-24)16-20-4-2-19(3-5-20)12-15-27/h2-5,8-11,21,27H,1,6-7,12-18H2. The predicted octanol–water partition coefficient (Wildman–Crippen LogP) is 4.69. The summed E-state index contributed by atoms with van der Waals surface area (Å²) in [5.74, 6) is 0.488. The number of hydrogen-bond donors (Lipinski definition) is 1. The second-order valence-electron chi connectivity index (χ2n) is 9.02. The minimum Gasteiger partial charge on any atom is -0.396 e. The van der Waals surface area contributed by atoms with Gasteiger partial charge in [0.15, 0.2) is 0 Å². The summed E-state index contributed by atoms with van der Waals surface area (Å²) in [6.45, 7) is 1.34. The highest BCUT2D eigenvalue weighted by molar-refractivity contribution is 7.89. The molecule has 1 N–H and O–H groups in total. The molecule has 2 aliphatic rings. The van der Waals surface area contributed by atoms with E-state index in [1.165, 1.54) is 5.56 Å². The molecule has 0 spiro atoms. The number of sulfonamides is 1. The highest BCUT2D eigenvalue weighted by Gasteiger charge is 2.42. The summed E-state index contributed by atoms with van der Waals surface area (Å²) in [6, 6.07) is 14.9. The zero-order valence-electron chi connectivity index (χ0n) is 17.3. The zero-order chi connectivity index (χ0) is 21.2. The average molecular weight is 448 g/mol.